The monoisotopic (exact) mass is 398 g/mol. The molecule has 2 aromatic heterocycles. The van der Waals surface area contributed by atoms with Gasteiger partial charge in [0, 0.05) is 18.7 Å². The molecule has 0 bridgehead atoms. The van der Waals surface area contributed by atoms with Crippen molar-refractivity contribution in [3.63, 3.8) is 0 Å². The highest BCUT2D eigenvalue weighted by Crippen LogP contribution is 2.23. The van der Waals surface area contributed by atoms with Crippen LogP contribution in [0.4, 0.5) is 4.39 Å². The lowest BCUT2D eigenvalue weighted by Gasteiger charge is -2.15. The second-order valence-electron chi connectivity index (χ2n) is 6.90. The van der Waals surface area contributed by atoms with Gasteiger partial charge in [0.25, 0.3) is 5.91 Å². The highest BCUT2D eigenvalue weighted by molar-refractivity contribution is 5.94. The number of benzene rings is 1. The summed E-state index contributed by atoms with van der Waals surface area (Å²) in [5.74, 6) is -1.15. The quantitative estimate of drug-likeness (QED) is 0.675. The fourth-order valence-electron chi connectivity index (χ4n) is 3.29. The Bertz CT molecular complexity index is 1050. The van der Waals surface area contributed by atoms with E-state index in [2.05, 4.69) is 30.5 Å². The van der Waals surface area contributed by atoms with E-state index in [1.807, 2.05) is 0 Å². The Hall–Kier alpha value is -3.56. The van der Waals surface area contributed by atoms with Gasteiger partial charge >= 0.3 is 0 Å². The van der Waals surface area contributed by atoms with Gasteiger partial charge in [-0.1, -0.05) is 22.4 Å². The summed E-state index contributed by atoms with van der Waals surface area (Å²) in [4.78, 5) is 26.7. The van der Waals surface area contributed by atoms with Gasteiger partial charge in [-0.15, -0.1) is 0 Å². The number of aromatic nitrogens is 4. The van der Waals surface area contributed by atoms with Gasteiger partial charge < -0.3 is 10.2 Å². The summed E-state index contributed by atoms with van der Waals surface area (Å²) in [5, 5.41) is 16.9. The van der Waals surface area contributed by atoms with Crippen molar-refractivity contribution in [2.45, 2.75) is 19.9 Å². The highest BCUT2D eigenvalue weighted by atomic mass is 19.1. The second kappa shape index (κ2) is 7.82. The number of amides is 2. The molecule has 1 unspecified atom stereocenters. The van der Waals surface area contributed by atoms with Crippen LogP contribution in [0.2, 0.25) is 0 Å². The number of H-pyrrole nitrogens is 1. The minimum absolute atomic E-state index is 0.153. The molecule has 1 aromatic carbocycles. The molecule has 3 aromatic rings. The molecule has 0 saturated carbocycles. The zero-order valence-corrected chi connectivity index (χ0v) is 15.7. The first-order valence-electron chi connectivity index (χ1n) is 9.18. The summed E-state index contributed by atoms with van der Waals surface area (Å²) in [7, 11) is 0. The lowest BCUT2D eigenvalue weighted by atomic mass is 10.1. The van der Waals surface area contributed by atoms with Crippen LogP contribution in [-0.4, -0.2) is 50.3 Å². The molecule has 0 aliphatic carbocycles. The number of nitrogens with one attached hydrogen (secondary N) is 2. The molecule has 29 heavy (non-hydrogen) atoms. The van der Waals surface area contributed by atoms with Crippen LogP contribution in [0.1, 0.15) is 28.3 Å². The number of hydrogen-bond acceptors (Lipinski definition) is 6. The molecule has 2 amide bonds. The zero-order valence-electron chi connectivity index (χ0n) is 15.7. The van der Waals surface area contributed by atoms with Crippen molar-refractivity contribution in [1.82, 2.24) is 30.7 Å². The van der Waals surface area contributed by atoms with E-state index >= 15 is 0 Å². The molecular formula is C19H19FN6O3. The molecule has 1 saturated heterocycles. The standard InChI is InChI=1S/C19H19FN6O3/c1-11-17(25-29-24-11)9-21-18(27)12-6-7-26(10-12)19(28)16-8-15(22-23-16)13-4-2-3-5-14(13)20/h2-5,8,12H,6-7,9-10H2,1H3,(H,21,27)(H,22,23). The maximum atomic E-state index is 13.9. The summed E-state index contributed by atoms with van der Waals surface area (Å²) in [6.45, 7) is 2.73. The number of aryl methyl sites for hydroxylation is 1. The molecule has 2 N–H and O–H groups in total. The largest absolute Gasteiger partial charge is 0.350 e. The van der Waals surface area contributed by atoms with E-state index < -0.39 is 5.82 Å². The predicted octanol–water partition coefficient (Wildman–Crippen LogP) is 1.69. The van der Waals surface area contributed by atoms with Gasteiger partial charge in [0.05, 0.1) is 18.2 Å². The topological polar surface area (TPSA) is 117 Å². The van der Waals surface area contributed by atoms with Crippen molar-refractivity contribution in [3.05, 3.63) is 53.2 Å². The van der Waals surface area contributed by atoms with E-state index in [1.54, 1.807) is 30.0 Å². The molecule has 4 rings (SSSR count). The zero-order chi connectivity index (χ0) is 20.4. The molecule has 0 spiro atoms. The van der Waals surface area contributed by atoms with Crippen molar-refractivity contribution < 1.29 is 18.6 Å². The van der Waals surface area contributed by atoms with Crippen LogP contribution in [0, 0.1) is 18.7 Å². The van der Waals surface area contributed by atoms with Gasteiger partial charge in [0.15, 0.2) is 0 Å². The van der Waals surface area contributed by atoms with Gasteiger partial charge in [0.1, 0.15) is 22.9 Å². The van der Waals surface area contributed by atoms with E-state index in [1.165, 1.54) is 12.1 Å². The Labute approximate surface area is 165 Å². The van der Waals surface area contributed by atoms with Crippen molar-refractivity contribution in [1.29, 1.82) is 0 Å². The number of aromatic amines is 1. The predicted molar refractivity (Wildman–Crippen MR) is 98.9 cm³/mol. The number of carbonyl (C=O) groups is 2. The Kier molecular flexibility index (Phi) is 5.07. The maximum absolute atomic E-state index is 13.9. The van der Waals surface area contributed by atoms with Crippen LogP contribution in [0.5, 0.6) is 0 Å². The Morgan fingerprint density at radius 2 is 2.17 bits per heavy atom. The number of hydrogen-bond donors (Lipinski definition) is 2. The lowest BCUT2D eigenvalue weighted by molar-refractivity contribution is -0.124. The molecule has 10 heteroatoms. The molecule has 9 nitrogen and oxygen atoms in total. The van der Waals surface area contributed by atoms with Crippen LogP contribution in [0.3, 0.4) is 0 Å². The molecule has 1 aliphatic rings. The summed E-state index contributed by atoms with van der Waals surface area (Å²) >= 11 is 0. The first kappa shape index (κ1) is 18.8. The Morgan fingerprint density at radius 1 is 1.34 bits per heavy atom. The normalized spacial score (nSPS) is 16.2. The van der Waals surface area contributed by atoms with Gasteiger partial charge in [-0.3, -0.25) is 14.7 Å². The fraction of sp³-hybridized carbons (Fsp3) is 0.316. The number of halogens is 1. The van der Waals surface area contributed by atoms with Gasteiger partial charge in [-0.2, -0.15) is 5.10 Å². The Morgan fingerprint density at radius 3 is 2.93 bits per heavy atom. The van der Waals surface area contributed by atoms with Crippen LogP contribution in [0.15, 0.2) is 35.0 Å². The molecular weight excluding hydrogens is 379 g/mol. The van der Waals surface area contributed by atoms with Crippen LogP contribution >= 0.6 is 0 Å². The summed E-state index contributed by atoms with van der Waals surface area (Å²) in [6.07, 6.45) is 0.557. The molecule has 1 fully saturated rings. The average molecular weight is 398 g/mol. The summed E-state index contributed by atoms with van der Waals surface area (Å²) in [5.41, 5.74) is 2.13. The third-order valence-electron chi connectivity index (χ3n) is 4.98. The first-order valence-corrected chi connectivity index (χ1v) is 9.18. The maximum Gasteiger partial charge on any atom is 0.271 e. The fourth-order valence-corrected chi connectivity index (χ4v) is 3.29. The van der Waals surface area contributed by atoms with E-state index in [9.17, 15) is 14.0 Å². The van der Waals surface area contributed by atoms with Gasteiger partial charge in [-0.05, 0) is 31.5 Å². The van der Waals surface area contributed by atoms with Crippen LogP contribution in [0.25, 0.3) is 11.3 Å². The first-order chi connectivity index (χ1) is 14.0. The Balaban J connectivity index is 1.36. The van der Waals surface area contributed by atoms with Crippen molar-refractivity contribution in [3.8, 4) is 11.3 Å². The van der Waals surface area contributed by atoms with Crippen molar-refractivity contribution in [2.24, 2.45) is 5.92 Å². The lowest BCUT2D eigenvalue weighted by Crippen LogP contribution is -2.34. The SMILES string of the molecule is Cc1nonc1CNC(=O)C1CCN(C(=O)c2cc(-c3ccccc3F)n[nH]2)C1. The number of nitrogens with zero attached hydrogens (tertiary/aromatic N) is 4. The van der Waals surface area contributed by atoms with Crippen LogP contribution < -0.4 is 5.32 Å². The summed E-state index contributed by atoms with van der Waals surface area (Å²) in [6, 6.07) is 7.75. The van der Waals surface area contributed by atoms with E-state index in [0.29, 0.717) is 42.2 Å². The third-order valence-corrected chi connectivity index (χ3v) is 4.98. The van der Waals surface area contributed by atoms with Crippen molar-refractivity contribution >= 4 is 11.8 Å². The number of likely N-dealkylation sites (tertiary alicyclic amines) is 1. The third kappa shape index (κ3) is 3.86. The van der Waals surface area contributed by atoms with Crippen LogP contribution in [-0.2, 0) is 11.3 Å². The molecule has 0 radical (unpaired) electrons. The van der Waals surface area contributed by atoms with Crippen molar-refractivity contribution in [2.75, 3.05) is 13.1 Å². The number of carbonyl (C=O) groups excluding carboxylic acids is 2. The van der Waals surface area contributed by atoms with E-state index in [4.69, 9.17) is 0 Å². The van der Waals surface area contributed by atoms with E-state index in [0.717, 1.165) is 0 Å². The second-order valence-corrected chi connectivity index (χ2v) is 6.90. The number of rotatable bonds is 5. The average Bonchev–Trinajstić information content (AvgIpc) is 3.47. The molecule has 3 heterocycles. The van der Waals surface area contributed by atoms with Gasteiger partial charge in [0.2, 0.25) is 5.91 Å². The molecule has 1 atom stereocenters. The minimum atomic E-state index is -0.409. The molecule has 150 valence electrons. The minimum Gasteiger partial charge on any atom is -0.350 e. The highest BCUT2D eigenvalue weighted by Gasteiger charge is 2.32. The smallest absolute Gasteiger partial charge is 0.271 e. The summed E-state index contributed by atoms with van der Waals surface area (Å²) < 4.78 is 18.5. The van der Waals surface area contributed by atoms with E-state index in [-0.39, 0.29) is 30.0 Å². The molecule has 1 aliphatic heterocycles. The van der Waals surface area contributed by atoms with Gasteiger partial charge in [-0.25, -0.2) is 9.02 Å².